The lowest BCUT2D eigenvalue weighted by molar-refractivity contribution is 0.0322. The van der Waals surface area contributed by atoms with Crippen molar-refractivity contribution in [2.45, 2.75) is 34.6 Å². The minimum atomic E-state index is 0.479. The maximum absolute atomic E-state index is 6.92. The van der Waals surface area contributed by atoms with Gasteiger partial charge in [0.2, 0.25) is 0 Å². The number of ether oxygens (including phenoxy) is 2. The molecule has 1 aliphatic heterocycles. The number of rotatable bonds is 6. The minimum absolute atomic E-state index is 0.479. The van der Waals surface area contributed by atoms with E-state index in [9.17, 15) is 0 Å². The molecule has 1 fully saturated rings. The number of nitrogens with one attached hydrogen (secondary N) is 1. The predicted molar refractivity (Wildman–Crippen MR) is 137 cm³/mol. The lowest BCUT2D eigenvalue weighted by Gasteiger charge is -2.26. The number of anilines is 2. The van der Waals surface area contributed by atoms with Crippen molar-refractivity contribution in [3.05, 3.63) is 47.5 Å². The summed E-state index contributed by atoms with van der Waals surface area (Å²) in [6.07, 6.45) is 1.35. The molecule has 0 aliphatic carbocycles. The van der Waals surface area contributed by atoms with Gasteiger partial charge in [0.25, 0.3) is 0 Å². The molecule has 7 heteroatoms. The Hall–Kier alpha value is -2.64. The van der Waals surface area contributed by atoms with E-state index in [0.717, 1.165) is 50.0 Å². The Morgan fingerprint density at radius 3 is 2.31 bits per heavy atom. The molecule has 1 aromatic carbocycles. The molecule has 1 aromatic heterocycles. The van der Waals surface area contributed by atoms with E-state index in [1.807, 2.05) is 83.9 Å². The van der Waals surface area contributed by atoms with Gasteiger partial charge in [-0.2, -0.15) is 0 Å². The second-order valence-electron chi connectivity index (χ2n) is 6.84. The lowest BCUT2D eigenvalue weighted by Crippen LogP contribution is -2.38. The first-order valence-electron chi connectivity index (χ1n) is 11.4. The lowest BCUT2D eigenvalue weighted by atomic mass is 10.2. The highest BCUT2D eigenvalue weighted by Crippen LogP contribution is 2.20. The molecule has 3 N–H and O–H groups in total. The Labute approximate surface area is 195 Å². The molecule has 1 aliphatic rings. The number of hydrogen-bond acceptors (Lipinski definition) is 7. The first-order valence-corrected chi connectivity index (χ1v) is 11.4. The van der Waals surface area contributed by atoms with E-state index in [2.05, 4.69) is 9.88 Å². The Balaban J connectivity index is 0.000000619. The zero-order valence-electron chi connectivity index (χ0n) is 21.0. The summed E-state index contributed by atoms with van der Waals surface area (Å²) in [6, 6.07) is 11.5. The van der Waals surface area contributed by atoms with Gasteiger partial charge in [-0.25, -0.2) is 4.98 Å². The molecule has 0 atom stereocenters. The van der Waals surface area contributed by atoms with Crippen molar-refractivity contribution in [1.82, 2.24) is 9.88 Å². The van der Waals surface area contributed by atoms with Crippen LogP contribution in [0.1, 0.15) is 38.8 Å². The number of morpholine rings is 1. The van der Waals surface area contributed by atoms with Crippen LogP contribution in [0.3, 0.4) is 0 Å². The number of pyridine rings is 1. The minimum Gasteiger partial charge on any atom is -0.492 e. The van der Waals surface area contributed by atoms with Crippen LogP contribution in [0.25, 0.3) is 0 Å². The first kappa shape index (κ1) is 29.4. The molecule has 2 heterocycles. The fourth-order valence-corrected chi connectivity index (χ4v) is 2.70. The van der Waals surface area contributed by atoms with Gasteiger partial charge >= 0.3 is 0 Å². The van der Waals surface area contributed by atoms with Gasteiger partial charge in [0.15, 0.2) is 0 Å². The normalized spacial score (nSPS) is 12.6. The summed E-state index contributed by atoms with van der Waals surface area (Å²) in [5.74, 6) is 2.05. The van der Waals surface area contributed by atoms with Crippen LogP contribution >= 0.6 is 0 Å². The Bertz CT molecular complexity index is 747. The standard InChI is InChI=1S/C13H22N4O2.C8H9N.2C2H6/c1-16(2)13-10-11(9-12(14)15-13)19-8-5-17-3-6-18-7-4-17;1-7-3-2-4-8(5-7)6-9;2*1-2/h9-10H,3-8H2,1-2H3,(H2,14,15);2-6,9H,1H3;2*1-2H3. The molecule has 3 rings (SSSR count). The zero-order valence-corrected chi connectivity index (χ0v) is 21.0. The number of aromatic nitrogens is 1. The fraction of sp³-hybridized carbons (Fsp3) is 0.520. The number of aryl methyl sites for hydroxylation is 1. The summed E-state index contributed by atoms with van der Waals surface area (Å²) in [4.78, 5) is 8.47. The van der Waals surface area contributed by atoms with Crippen LogP contribution in [0.5, 0.6) is 5.75 Å². The summed E-state index contributed by atoms with van der Waals surface area (Å²) < 4.78 is 11.1. The Morgan fingerprint density at radius 2 is 1.78 bits per heavy atom. The van der Waals surface area contributed by atoms with Crippen molar-refractivity contribution in [2.75, 3.05) is 64.2 Å². The summed E-state index contributed by atoms with van der Waals surface area (Å²) in [5, 5.41) is 6.92. The largest absolute Gasteiger partial charge is 0.492 e. The fourth-order valence-electron chi connectivity index (χ4n) is 2.70. The summed E-state index contributed by atoms with van der Waals surface area (Å²) in [5.41, 5.74) is 7.94. The van der Waals surface area contributed by atoms with Gasteiger partial charge in [0, 0.05) is 52.1 Å². The Morgan fingerprint density at radius 1 is 1.12 bits per heavy atom. The van der Waals surface area contributed by atoms with E-state index in [-0.39, 0.29) is 0 Å². The smallest absolute Gasteiger partial charge is 0.134 e. The van der Waals surface area contributed by atoms with Crippen molar-refractivity contribution in [3.8, 4) is 5.75 Å². The van der Waals surface area contributed by atoms with E-state index in [4.69, 9.17) is 20.6 Å². The van der Waals surface area contributed by atoms with Gasteiger partial charge in [-0.15, -0.1) is 0 Å². The molecule has 32 heavy (non-hydrogen) atoms. The van der Waals surface area contributed by atoms with Crippen molar-refractivity contribution < 1.29 is 9.47 Å². The van der Waals surface area contributed by atoms with E-state index in [1.54, 1.807) is 6.07 Å². The quantitative estimate of drug-likeness (QED) is 0.637. The molecule has 0 spiro atoms. The highest BCUT2D eigenvalue weighted by Gasteiger charge is 2.10. The predicted octanol–water partition coefficient (Wildman–Crippen LogP) is 4.49. The third kappa shape index (κ3) is 12.3. The maximum Gasteiger partial charge on any atom is 0.134 e. The molecule has 2 aromatic rings. The van der Waals surface area contributed by atoms with E-state index < -0.39 is 0 Å². The topological polar surface area (TPSA) is 87.7 Å². The molecule has 0 saturated carbocycles. The van der Waals surface area contributed by atoms with E-state index in [1.165, 1.54) is 11.8 Å². The monoisotopic (exact) mass is 445 g/mol. The SMILES string of the molecule is CC.CC.CN(C)c1cc(OCCN2CCOCC2)cc(N)n1.Cc1cccc(C=N)c1. The molecule has 0 amide bonds. The third-order valence-corrected chi connectivity index (χ3v) is 4.25. The molecular weight excluding hydrogens is 402 g/mol. The van der Waals surface area contributed by atoms with Gasteiger partial charge in [0.1, 0.15) is 24.0 Å². The van der Waals surface area contributed by atoms with Crippen LogP contribution in [0.2, 0.25) is 0 Å². The summed E-state index contributed by atoms with van der Waals surface area (Å²) in [7, 11) is 3.86. The van der Waals surface area contributed by atoms with Crippen LogP contribution < -0.4 is 15.4 Å². The molecular formula is C25H43N5O2. The van der Waals surface area contributed by atoms with Crippen LogP contribution in [0.15, 0.2) is 36.4 Å². The molecule has 0 bridgehead atoms. The summed E-state index contributed by atoms with van der Waals surface area (Å²) >= 11 is 0. The second kappa shape index (κ2) is 18.0. The molecule has 7 nitrogen and oxygen atoms in total. The van der Waals surface area contributed by atoms with Crippen molar-refractivity contribution >= 4 is 17.9 Å². The molecule has 0 radical (unpaired) electrons. The average molecular weight is 446 g/mol. The summed E-state index contributed by atoms with van der Waals surface area (Å²) in [6.45, 7) is 15.2. The number of hydrogen-bond donors (Lipinski definition) is 2. The van der Waals surface area contributed by atoms with Crippen LogP contribution in [0.4, 0.5) is 11.6 Å². The molecule has 180 valence electrons. The van der Waals surface area contributed by atoms with Gasteiger partial charge < -0.3 is 25.5 Å². The van der Waals surface area contributed by atoms with Gasteiger partial charge in [-0.1, -0.05) is 57.5 Å². The van der Waals surface area contributed by atoms with Crippen LogP contribution in [-0.2, 0) is 4.74 Å². The van der Waals surface area contributed by atoms with Gasteiger partial charge in [-0.05, 0) is 12.5 Å². The number of benzene rings is 1. The highest BCUT2D eigenvalue weighted by molar-refractivity contribution is 5.76. The Kier molecular flexibility index (Phi) is 16.5. The first-order chi connectivity index (χ1) is 15.5. The third-order valence-electron chi connectivity index (χ3n) is 4.25. The highest BCUT2D eigenvalue weighted by atomic mass is 16.5. The van der Waals surface area contributed by atoms with E-state index >= 15 is 0 Å². The van der Waals surface area contributed by atoms with Gasteiger partial charge in [-0.3, -0.25) is 4.90 Å². The number of nitrogens with two attached hydrogens (primary N) is 1. The molecule has 1 saturated heterocycles. The van der Waals surface area contributed by atoms with E-state index in [0.29, 0.717) is 12.4 Å². The maximum atomic E-state index is 6.92. The average Bonchev–Trinajstić information content (AvgIpc) is 2.82. The second-order valence-corrected chi connectivity index (χ2v) is 6.84. The zero-order chi connectivity index (χ0) is 24.4. The number of nitrogens with zero attached hydrogens (tertiary/aromatic N) is 3. The van der Waals surface area contributed by atoms with Crippen LogP contribution in [-0.4, -0.2) is 69.6 Å². The van der Waals surface area contributed by atoms with Gasteiger partial charge in [0.05, 0.1) is 13.2 Å². The molecule has 0 unspecified atom stereocenters. The van der Waals surface area contributed by atoms with Crippen molar-refractivity contribution in [3.63, 3.8) is 0 Å². The van der Waals surface area contributed by atoms with Crippen LogP contribution in [0, 0.1) is 12.3 Å². The van der Waals surface area contributed by atoms with Crippen molar-refractivity contribution in [1.29, 1.82) is 5.41 Å². The number of nitrogen functional groups attached to an aromatic ring is 1. The van der Waals surface area contributed by atoms with Crippen molar-refractivity contribution in [2.24, 2.45) is 0 Å².